The number of hydrogen-bond acceptors (Lipinski definition) is 7. The Morgan fingerprint density at radius 1 is 0.886 bits per heavy atom. The minimum atomic E-state index is -0.822. The average molecular weight is 487 g/mol. The molecule has 0 amide bonds. The van der Waals surface area contributed by atoms with E-state index in [0.29, 0.717) is 25.0 Å². The molecule has 0 saturated heterocycles. The molecule has 192 valence electrons. The van der Waals surface area contributed by atoms with Crippen LogP contribution in [-0.2, 0) is 14.3 Å². The Hall–Kier alpha value is -3.16. The lowest BCUT2D eigenvalue weighted by molar-refractivity contribution is -0.157. The molecule has 0 radical (unpaired) electrons. The van der Waals surface area contributed by atoms with Crippen LogP contribution < -0.4 is 9.47 Å². The van der Waals surface area contributed by atoms with Crippen LogP contribution in [0.1, 0.15) is 40.0 Å². The first-order chi connectivity index (χ1) is 16.7. The predicted octanol–water partition coefficient (Wildman–Crippen LogP) is 4.37. The summed E-state index contributed by atoms with van der Waals surface area (Å²) in [5, 5.41) is 19.2. The van der Waals surface area contributed by atoms with Gasteiger partial charge in [0.2, 0.25) is 0 Å². The van der Waals surface area contributed by atoms with Gasteiger partial charge in [-0.05, 0) is 57.0 Å². The normalized spacial score (nSPS) is 12.4. The number of hydrogen-bond donors (Lipinski definition) is 2. The van der Waals surface area contributed by atoms with E-state index in [0.717, 1.165) is 5.75 Å². The quantitative estimate of drug-likeness (QED) is 0.302. The maximum Gasteiger partial charge on any atom is 0.311 e. The Morgan fingerprint density at radius 2 is 1.37 bits per heavy atom. The number of carbonyl (C=O) groups is 2. The van der Waals surface area contributed by atoms with Crippen LogP contribution in [0, 0.1) is 5.41 Å². The molecule has 2 aromatic carbocycles. The summed E-state index contributed by atoms with van der Waals surface area (Å²) in [7, 11) is 0. The van der Waals surface area contributed by atoms with Crippen LogP contribution in [0.5, 0.6) is 11.5 Å². The van der Waals surface area contributed by atoms with Crippen molar-refractivity contribution in [2.45, 2.75) is 52.2 Å². The molecule has 7 heteroatoms. The van der Waals surface area contributed by atoms with Gasteiger partial charge < -0.3 is 24.4 Å². The van der Waals surface area contributed by atoms with Crippen LogP contribution in [0.25, 0.3) is 0 Å². The first-order valence-corrected chi connectivity index (χ1v) is 11.7. The summed E-state index contributed by atoms with van der Waals surface area (Å²) in [4.78, 5) is 22.6. The number of ketones is 1. The highest BCUT2D eigenvalue weighted by Gasteiger charge is 2.27. The lowest BCUT2D eigenvalue weighted by Gasteiger charge is -2.21. The highest BCUT2D eigenvalue weighted by atomic mass is 16.5. The van der Waals surface area contributed by atoms with E-state index in [4.69, 9.17) is 14.2 Å². The fourth-order valence-corrected chi connectivity index (χ4v) is 2.47. The standard InChI is InChI=1S/C15H22O4.C13H16O3/c1-4-15(2,3)14(17)19-11-12(16)10-18-13-8-6-5-7-9-13;1-2-11(14)8-9-12(15)10-16-13-6-4-3-5-7-13/h5-9,12,16H,4,10-11H2,1-3H3;2-7,12,15H,1,8-10H2. The van der Waals surface area contributed by atoms with Crippen molar-refractivity contribution in [1.82, 2.24) is 0 Å². The van der Waals surface area contributed by atoms with Crippen molar-refractivity contribution in [2.75, 3.05) is 19.8 Å². The molecule has 0 aliphatic heterocycles. The number of para-hydroxylation sites is 2. The third kappa shape index (κ3) is 13.3. The molecule has 2 rings (SSSR count). The van der Waals surface area contributed by atoms with E-state index in [1.165, 1.54) is 6.08 Å². The fourth-order valence-electron chi connectivity index (χ4n) is 2.47. The molecular weight excluding hydrogens is 448 g/mol. The number of aliphatic hydroxyl groups excluding tert-OH is 2. The van der Waals surface area contributed by atoms with Crippen LogP contribution in [0.2, 0.25) is 0 Å². The van der Waals surface area contributed by atoms with Gasteiger partial charge in [0, 0.05) is 6.42 Å². The molecule has 2 atom stereocenters. The molecule has 0 saturated carbocycles. The summed E-state index contributed by atoms with van der Waals surface area (Å²) < 4.78 is 15.8. The highest BCUT2D eigenvalue weighted by Crippen LogP contribution is 2.21. The zero-order chi connectivity index (χ0) is 26.1. The molecule has 0 fully saturated rings. The lowest BCUT2D eigenvalue weighted by Crippen LogP contribution is -2.31. The van der Waals surface area contributed by atoms with E-state index in [2.05, 4.69) is 6.58 Å². The fraction of sp³-hybridized carbons (Fsp3) is 0.429. The average Bonchev–Trinajstić information content (AvgIpc) is 2.89. The van der Waals surface area contributed by atoms with Crippen LogP contribution in [0.4, 0.5) is 0 Å². The third-order valence-corrected chi connectivity index (χ3v) is 5.17. The van der Waals surface area contributed by atoms with E-state index in [1.54, 1.807) is 12.1 Å². The summed E-state index contributed by atoms with van der Waals surface area (Å²) in [6.45, 7) is 9.20. The van der Waals surface area contributed by atoms with Gasteiger partial charge in [-0.2, -0.15) is 0 Å². The topological polar surface area (TPSA) is 102 Å². The molecule has 0 aliphatic rings. The number of ether oxygens (including phenoxy) is 3. The smallest absolute Gasteiger partial charge is 0.311 e. The molecule has 7 nitrogen and oxygen atoms in total. The largest absolute Gasteiger partial charge is 0.491 e. The van der Waals surface area contributed by atoms with Crippen molar-refractivity contribution < 1.29 is 34.0 Å². The summed E-state index contributed by atoms with van der Waals surface area (Å²) in [5.41, 5.74) is -0.514. The van der Waals surface area contributed by atoms with Gasteiger partial charge in [-0.25, -0.2) is 0 Å². The van der Waals surface area contributed by atoms with Crippen molar-refractivity contribution >= 4 is 11.8 Å². The molecule has 0 heterocycles. The molecule has 0 spiro atoms. The van der Waals surface area contributed by atoms with Gasteiger partial charge in [-0.3, -0.25) is 9.59 Å². The number of carbonyl (C=O) groups excluding carboxylic acids is 2. The van der Waals surface area contributed by atoms with Gasteiger partial charge in [0.25, 0.3) is 0 Å². The summed E-state index contributed by atoms with van der Waals surface area (Å²) in [6.07, 6.45) is 1.23. The van der Waals surface area contributed by atoms with Crippen molar-refractivity contribution in [2.24, 2.45) is 5.41 Å². The van der Waals surface area contributed by atoms with E-state index in [9.17, 15) is 19.8 Å². The van der Waals surface area contributed by atoms with Gasteiger partial charge in [-0.15, -0.1) is 0 Å². The van der Waals surface area contributed by atoms with Gasteiger partial charge >= 0.3 is 5.97 Å². The summed E-state index contributed by atoms with van der Waals surface area (Å²) in [6, 6.07) is 18.5. The van der Waals surface area contributed by atoms with Crippen molar-refractivity contribution in [3.05, 3.63) is 73.3 Å². The van der Waals surface area contributed by atoms with Crippen molar-refractivity contribution in [3.63, 3.8) is 0 Å². The zero-order valence-electron chi connectivity index (χ0n) is 20.9. The molecule has 35 heavy (non-hydrogen) atoms. The van der Waals surface area contributed by atoms with Crippen LogP contribution >= 0.6 is 0 Å². The monoisotopic (exact) mass is 486 g/mol. The second kappa shape index (κ2) is 16.5. The zero-order valence-corrected chi connectivity index (χ0v) is 20.9. The van der Waals surface area contributed by atoms with E-state index in [1.807, 2.05) is 69.3 Å². The minimum absolute atomic E-state index is 0.0465. The van der Waals surface area contributed by atoms with Crippen molar-refractivity contribution in [1.29, 1.82) is 0 Å². The Bertz CT molecular complexity index is 865. The van der Waals surface area contributed by atoms with Crippen LogP contribution in [-0.4, -0.2) is 54.0 Å². The van der Waals surface area contributed by atoms with E-state index >= 15 is 0 Å². The Balaban J connectivity index is 0.000000355. The lowest BCUT2D eigenvalue weighted by atomic mass is 9.91. The minimum Gasteiger partial charge on any atom is -0.491 e. The Morgan fingerprint density at radius 3 is 1.83 bits per heavy atom. The maximum absolute atomic E-state index is 11.7. The number of rotatable bonds is 14. The van der Waals surface area contributed by atoms with Crippen LogP contribution in [0.15, 0.2) is 73.3 Å². The number of allylic oxidation sites excluding steroid dienone is 1. The van der Waals surface area contributed by atoms with Gasteiger partial charge in [0.15, 0.2) is 5.78 Å². The van der Waals surface area contributed by atoms with Crippen molar-refractivity contribution in [3.8, 4) is 11.5 Å². The first kappa shape index (κ1) is 29.9. The first-order valence-electron chi connectivity index (χ1n) is 11.7. The Labute approximate surface area is 208 Å². The summed E-state index contributed by atoms with van der Waals surface area (Å²) >= 11 is 0. The molecule has 2 unspecified atom stereocenters. The molecule has 0 aromatic heterocycles. The second-order valence-electron chi connectivity index (χ2n) is 8.60. The number of aliphatic hydroxyl groups is 2. The SMILES string of the molecule is C=CC(=O)CCC(O)COc1ccccc1.CCC(C)(C)C(=O)OCC(O)COc1ccccc1. The molecular formula is C28H38O7. The number of benzene rings is 2. The molecule has 0 aliphatic carbocycles. The highest BCUT2D eigenvalue weighted by molar-refractivity contribution is 5.88. The van der Waals surface area contributed by atoms with Gasteiger partial charge in [0.1, 0.15) is 37.4 Å². The van der Waals surface area contributed by atoms with Crippen LogP contribution in [0.3, 0.4) is 0 Å². The van der Waals surface area contributed by atoms with E-state index in [-0.39, 0.29) is 31.6 Å². The Kier molecular flexibility index (Phi) is 14.1. The molecule has 0 bridgehead atoms. The summed E-state index contributed by atoms with van der Waals surface area (Å²) in [5.74, 6) is 1.05. The van der Waals surface area contributed by atoms with Gasteiger partial charge in [0.05, 0.1) is 11.5 Å². The maximum atomic E-state index is 11.7. The third-order valence-electron chi connectivity index (χ3n) is 5.17. The van der Waals surface area contributed by atoms with E-state index < -0.39 is 17.6 Å². The second-order valence-corrected chi connectivity index (χ2v) is 8.60. The molecule has 2 N–H and O–H groups in total. The van der Waals surface area contributed by atoms with Gasteiger partial charge in [-0.1, -0.05) is 49.9 Å². The predicted molar refractivity (Wildman–Crippen MR) is 135 cm³/mol. The number of esters is 1. The molecule has 2 aromatic rings.